The minimum absolute atomic E-state index is 0.0618. The Kier molecular flexibility index (Phi) is 18.8. The van der Waals surface area contributed by atoms with E-state index in [0.717, 1.165) is 77.0 Å². The summed E-state index contributed by atoms with van der Waals surface area (Å²) in [5, 5.41) is 8.84. The highest BCUT2D eigenvalue weighted by molar-refractivity contribution is 5.76. The van der Waals surface area contributed by atoms with Gasteiger partial charge in [-0.15, -0.1) is 0 Å². The number of esters is 1. The number of aliphatic carboxylic acids is 1. The molecular formula is C37H58O4. The fourth-order valence-electron chi connectivity index (χ4n) is 5.28. The molecule has 0 aromatic rings. The predicted octanol–water partition coefficient (Wildman–Crippen LogP) is 10.6. The number of hydrogen-bond acceptors (Lipinski definition) is 3. The van der Waals surface area contributed by atoms with Gasteiger partial charge in [-0.2, -0.15) is 0 Å². The molecule has 0 unspecified atom stereocenters. The van der Waals surface area contributed by atoms with Crippen molar-refractivity contribution in [1.29, 1.82) is 0 Å². The Labute approximate surface area is 251 Å². The minimum Gasteiger partial charge on any atom is -0.481 e. The molecule has 0 heterocycles. The molecule has 0 aliphatic heterocycles. The summed E-state index contributed by atoms with van der Waals surface area (Å²) in [7, 11) is 0. The molecular weight excluding hydrogens is 508 g/mol. The average Bonchev–Trinajstić information content (AvgIpc) is 2.89. The molecule has 0 saturated carbocycles. The number of carboxylic acids is 1. The zero-order chi connectivity index (χ0) is 30.6. The van der Waals surface area contributed by atoms with Crippen molar-refractivity contribution in [3.63, 3.8) is 0 Å². The van der Waals surface area contributed by atoms with Crippen molar-refractivity contribution in [2.75, 3.05) is 6.61 Å². The van der Waals surface area contributed by atoms with Crippen molar-refractivity contribution < 1.29 is 19.4 Å². The third-order valence-electron chi connectivity index (χ3n) is 7.68. The third-order valence-corrected chi connectivity index (χ3v) is 7.68. The van der Waals surface area contributed by atoms with E-state index < -0.39 is 11.9 Å². The van der Waals surface area contributed by atoms with Gasteiger partial charge in [0.05, 0.1) is 19.4 Å². The summed E-state index contributed by atoms with van der Waals surface area (Å²) in [5.74, 6) is -0.630. The first-order valence-corrected chi connectivity index (χ1v) is 15.8. The standard InChI is InChI=1S/C37H58O4/c1-28(2)12-8-14-30(5)16-10-17-32(7)20-21-34-24-33(19-11-18-31(6)15-9-13-29(3)4)25-35(26-34)27-41-37(40)23-22-36(38)39/h12-13,16,18,24,34-35H,7-11,14-15,17,19-23,25-27H2,1-6H3,(H,38,39)/b30-16+,31-18+/t34-,35+/m0/s1. The first-order chi connectivity index (χ1) is 19.4. The Hall–Kier alpha value is -2.62. The summed E-state index contributed by atoms with van der Waals surface area (Å²) in [6, 6.07) is 0. The Morgan fingerprint density at radius 3 is 2.00 bits per heavy atom. The molecule has 41 heavy (non-hydrogen) atoms. The van der Waals surface area contributed by atoms with E-state index in [-0.39, 0.29) is 18.8 Å². The first-order valence-electron chi connectivity index (χ1n) is 15.8. The van der Waals surface area contributed by atoms with Crippen molar-refractivity contribution in [3.05, 3.63) is 70.4 Å². The first kappa shape index (κ1) is 36.4. The molecule has 4 nitrogen and oxygen atoms in total. The average molecular weight is 567 g/mol. The number of allylic oxidation sites excluding steroid dienone is 11. The van der Waals surface area contributed by atoms with Gasteiger partial charge >= 0.3 is 11.9 Å². The van der Waals surface area contributed by atoms with E-state index in [2.05, 4.69) is 78.5 Å². The molecule has 0 aromatic heterocycles. The second kappa shape index (κ2) is 21.1. The van der Waals surface area contributed by atoms with Gasteiger partial charge < -0.3 is 9.84 Å². The van der Waals surface area contributed by atoms with Crippen molar-refractivity contribution >= 4 is 11.9 Å². The van der Waals surface area contributed by atoms with Gasteiger partial charge in [0.15, 0.2) is 0 Å². The number of ether oxygens (including phenoxy) is 1. The van der Waals surface area contributed by atoms with Gasteiger partial charge in [-0.05, 0) is 130 Å². The molecule has 0 aromatic carbocycles. The summed E-state index contributed by atoms with van der Waals surface area (Å²) < 4.78 is 5.50. The normalized spacial score (nSPS) is 17.5. The Balaban J connectivity index is 2.66. The van der Waals surface area contributed by atoms with Crippen LogP contribution in [0.15, 0.2) is 70.4 Å². The predicted molar refractivity (Wildman–Crippen MR) is 174 cm³/mol. The van der Waals surface area contributed by atoms with Crippen LogP contribution in [0.5, 0.6) is 0 Å². The van der Waals surface area contributed by atoms with Crippen LogP contribution in [0.1, 0.15) is 131 Å². The van der Waals surface area contributed by atoms with Crippen molar-refractivity contribution in [1.82, 2.24) is 0 Å². The zero-order valence-electron chi connectivity index (χ0n) is 27.0. The van der Waals surface area contributed by atoms with Crippen molar-refractivity contribution in [2.24, 2.45) is 11.8 Å². The number of carboxylic acid groups (broad SMARTS) is 1. The van der Waals surface area contributed by atoms with Gasteiger partial charge in [0.2, 0.25) is 0 Å². The minimum atomic E-state index is -0.969. The van der Waals surface area contributed by atoms with Crippen molar-refractivity contribution in [3.8, 4) is 0 Å². The number of rotatable bonds is 20. The van der Waals surface area contributed by atoms with Crippen molar-refractivity contribution in [2.45, 2.75) is 131 Å². The van der Waals surface area contributed by atoms with Crippen LogP contribution in [0.3, 0.4) is 0 Å². The SMILES string of the molecule is C=C(CC/C=C(\C)CCC=C(C)C)CC[C@H]1C=C(CC/C=C(\C)CCC=C(C)C)C[C@@H](COC(=O)CCC(=O)O)C1. The topological polar surface area (TPSA) is 63.6 Å². The highest BCUT2D eigenvalue weighted by Crippen LogP contribution is 2.34. The van der Waals surface area contributed by atoms with Crippen LogP contribution >= 0.6 is 0 Å². The molecule has 0 fully saturated rings. The third kappa shape index (κ3) is 20.0. The lowest BCUT2D eigenvalue weighted by atomic mass is 9.79. The lowest BCUT2D eigenvalue weighted by molar-refractivity contribution is -0.148. The van der Waals surface area contributed by atoms with E-state index in [1.54, 1.807) is 0 Å². The van der Waals surface area contributed by atoms with Crippen LogP contribution in [-0.2, 0) is 14.3 Å². The van der Waals surface area contributed by atoms with E-state index in [1.807, 2.05) is 0 Å². The maximum absolute atomic E-state index is 12.0. The molecule has 4 heteroatoms. The fraction of sp³-hybridized carbons (Fsp3) is 0.622. The molecule has 0 radical (unpaired) electrons. The Morgan fingerprint density at radius 2 is 1.41 bits per heavy atom. The lowest BCUT2D eigenvalue weighted by Gasteiger charge is -2.29. The molecule has 1 rings (SSSR count). The monoisotopic (exact) mass is 566 g/mol. The van der Waals surface area contributed by atoms with E-state index in [0.29, 0.717) is 12.5 Å². The second-order valence-electron chi connectivity index (χ2n) is 12.6. The van der Waals surface area contributed by atoms with Crippen LogP contribution in [0.25, 0.3) is 0 Å². The van der Waals surface area contributed by atoms with Crippen LogP contribution in [0.4, 0.5) is 0 Å². The zero-order valence-corrected chi connectivity index (χ0v) is 27.0. The molecule has 0 bridgehead atoms. The van der Waals surface area contributed by atoms with Gasteiger partial charge in [0.1, 0.15) is 0 Å². The molecule has 0 saturated heterocycles. The largest absolute Gasteiger partial charge is 0.481 e. The molecule has 230 valence electrons. The van der Waals surface area contributed by atoms with Gasteiger partial charge in [-0.3, -0.25) is 9.59 Å². The molecule has 1 aliphatic carbocycles. The smallest absolute Gasteiger partial charge is 0.306 e. The van der Waals surface area contributed by atoms with Crippen LogP contribution in [-0.4, -0.2) is 23.7 Å². The summed E-state index contributed by atoms with van der Waals surface area (Å²) in [6.45, 7) is 17.8. The fourth-order valence-corrected chi connectivity index (χ4v) is 5.28. The summed E-state index contributed by atoms with van der Waals surface area (Å²) >= 11 is 0. The van der Waals surface area contributed by atoms with Gasteiger partial charge in [0, 0.05) is 0 Å². The van der Waals surface area contributed by atoms with Crippen LogP contribution in [0.2, 0.25) is 0 Å². The number of carbonyl (C=O) groups is 2. The summed E-state index contributed by atoms with van der Waals surface area (Å²) in [4.78, 5) is 22.8. The second-order valence-corrected chi connectivity index (χ2v) is 12.6. The highest BCUT2D eigenvalue weighted by atomic mass is 16.5. The van der Waals surface area contributed by atoms with E-state index >= 15 is 0 Å². The molecule has 2 atom stereocenters. The maximum atomic E-state index is 12.0. The number of hydrogen-bond donors (Lipinski definition) is 1. The lowest BCUT2D eigenvalue weighted by Crippen LogP contribution is -2.21. The summed E-state index contributed by atoms with van der Waals surface area (Å²) in [5.41, 5.74) is 8.42. The van der Waals surface area contributed by atoms with E-state index in [1.165, 1.54) is 33.4 Å². The molecule has 1 aliphatic rings. The molecule has 0 spiro atoms. The highest BCUT2D eigenvalue weighted by Gasteiger charge is 2.24. The van der Waals surface area contributed by atoms with Gasteiger partial charge in [-0.1, -0.05) is 70.4 Å². The quantitative estimate of drug-likeness (QED) is 0.118. The van der Waals surface area contributed by atoms with E-state index in [9.17, 15) is 9.59 Å². The molecule has 0 amide bonds. The Bertz CT molecular complexity index is 980. The number of carbonyl (C=O) groups excluding carboxylic acids is 1. The van der Waals surface area contributed by atoms with Crippen LogP contribution in [0, 0.1) is 11.8 Å². The molecule has 1 N–H and O–H groups in total. The Morgan fingerprint density at radius 1 is 0.829 bits per heavy atom. The summed E-state index contributed by atoms with van der Waals surface area (Å²) in [6.07, 6.45) is 24.2. The maximum Gasteiger partial charge on any atom is 0.306 e. The van der Waals surface area contributed by atoms with E-state index in [4.69, 9.17) is 9.84 Å². The van der Waals surface area contributed by atoms with Crippen LogP contribution < -0.4 is 0 Å². The van der Waals surface area contributed by atoms with Gasteiger partial charge in [-0.25, -0.2) is 0 Å². The van der Waals surface area contributed by atoms with Gasteiger partial charge in [0.25, 0.3) is 0 Å².